The van der Waals surface area contributed by atoms with Crippen LogP contribution in [0.25, 0.3) is 11.1 Å². The molecule has 0 radical (unpaired) electrons. The summed E-state index contributed by atoms with van der Waals surface area (Å²) >= 11 is 0. The van der Waals surface area contributed by atoms with Gasteiger partial charge in [0.25, 0.3) is 11.8 Å². The number of nitrogens with one attached hydrogen (secondary N) is 2. The van der Waals surface area contributed by atoms with Crippen molar-refractivity contribution < 1.29 is 46.1 Å². The largest absolute Gasteiger partial charge is 0.387 e. The lowest BCUT2D eigenvalue weighted by Gasteiger charge is -2.32. The van der Waals surface area contributed by atoms with E-state index in [1.54, 1.807) is 0 Å². The topological polar surface area (TPSA) is 131 Å². The van der Waals surface area contributed by atoms with E-state index in [-0.39, 0.29) is 46.0 Å². The van der Waals surface area contributed by atoms with Gasteiger partial charge in [0.05, 0.1) is 23.6 Å². The van der Waals surface area contributed by atoms with Gasteiger partial charge in [-0.2, -0.15) is 0 Å². The number of aliphatic hydroxyl groups is 2. The number of hydrogen-bond acceptors (Lipinski definition) is 8. The lowest BCUT2D eigenvalue weighted by atomic mass is 9.88. The Labute approximate surface area is 306 Å². The minimum atomic E-state index is -1.45. The number of hydrogen-bond donors (Lipinski definition) is 4. The molecule has 6 rings (SSSR count). The third kappa shape index (κ3) is 8.73. The van der Waals surface area contributed by atoms with Crippen molar-refractivity contribution in [2.75, 3.05) is 50.9 Å². The zero-order valence-corrected chi connectivity index (χ0v) is 29.4. The van der Waals surface area contributed by atoms with Gasteiger partial charge in [-0.3, -0.25) is 9.59 Å². The molecular formula is C38H38F6N6O4. The number of aliphatic hydroxyl groups excluding tert-OH is 2. The van der Waals surface area contributed by atoms with Crippen LogP contribution in [0.1, 0.15) is 70.0 Å². The highest BCUT2D eigenvalue weighted by Crippen LogP contribution is 2.36. The van der Waals surface area contributed by atoms with Gasteiger partial charge in [0.15, 0.2) is 0 Å². The van der Waals surface area contributed by atoms with Gasteiger partial charge in [0.1, 0.15) is 57.7 Å². The van der Waals surface area contributed by atoms with Crippen LogP contribution in [-0.2, 0) is 0 Å². The third-order valence-corrected chi connectivity index (χ3v) is 10.0. The molecule has 2 amide bonds. The summed E-state index contributed by atoms with van der Waals surface area (Å²) < 4.78 is 85.6. The smallest absolute Gasteiger partial charge is 0.262 e. The molecule has 0 saturated carbocycles. The molecule has 10 nitrogen and oxygen atoms in total. The van der Waals surface area contributed by atoms with E-state index >= 15 is 0 Å². The Kier molecular flexibility index (Phi) is 11.7. The minimum absolute atomic E-state index is 0.0765. The fraction of sp³-hybridized carbons (Fsp3) is 0.368. The van der Waals surface area contributed by atoms with Crippen LogP contribution < -0.4 is 10.6 Å². The number of aromatic nitrogens is 2. The van der Waals surface area contributed by atoms with Crippen molar-refractivity contribution in [2.24, 2.45) is 11.8 Å². The Morgan fingerprint density at radius 3 is 1.22 bits per heavy atom. The van der Waals surface area contributed by atoms with E-state index in [0.717, 1.165) is 0 Å². The molecule has 4 aromatic rings. The highest BCUT2D eigenvalue weighted by molar-refractivity contribution is 6.05. The van der Waals surface area contributed by atoms with Crippen molar-refractivity contribution in [3.63, 3.8) is 0 Å². The van der Waals surface area contributed by atoms with Crippen molar-refractivity contribution >= 4 is 23.5 Å². The Bertz CT molecular complexity index is 1860. The van der Waals surface area contributed by atoms with E-state index in [1.807, 2.05) is 14.1 Å². The lowest BCUT2D eigenvalue weighted by molar-refractivity contribution is 0.0625. The summed E-state index contributed by atoms with van der Waals surface area (Å²) in [5, 5.41) is 27.7. The fourth-order valence-electron chi connectivity index (χ4n) is 6.92. The minimum Gasteiger partial charge on any atom is -0.387 e. The van der Waals surface area contributed by atoms with Crippen LogP contribution in [-0.4, -0.2) is 82.1 Å². The first-order chi connectivity index (χ1) is 25.7. The van der Waals surface area contributed by atoms with Crippen LogP contribution >= 0.6 is 0 Å². The van der Waals surface area contributed by atoms with Gasteiger partial charge >= 0.3 is 0 Å². The van der Waals surface area contributed by atoms with Gasteiger partial charge in [0.2, 0.25) is 0 Å². The average molecular weight is 757 g/mol. The molecule has 2 aliphatic rings. The van der Waals surface area contributed by atoms with E-state index in [0.29, 0.717) is 76.1 Å². The quantitative estimate of drug-likeness (QED) is 0.148. The van der Waals surface area contributed by atoms with Gasteiger partial charge in [-0.1, -0.05) is 0 Å². The van der Waals surface area contributed by atoms with Crippen LogP contribution in [0.3, 0.4) is 0 Å². The number of anilines is 2. The molecular weight excluding hydrogens is 718 g/mol. The van der Waals surface area contributed by atoms with Gasteiger partial charge in [-0.15, -0.1) is 0 Å². The molecule has 2 unspecified atom stereocenters. The molecule has 2 aromatic heterocycles. The maximum Gasteiger partial charge on any atom is 0.262 e. The first kappa shape index (κ1) is 38.8. The Balaban J connectivity index is 1.44. The number of pyridine rings is 2. The number of rotatable bonds is 9. The predicted molar refractivity (Wildman–Crippen MR) is 186 cm³/mol. The number of nitrogens with zero attached hydrogens (tertiary/aromatic N) is 4. The molecule has 286 valence electrons. The SMILES string of the molecule is CN1CCC(C(O)c2cc(-c3cc(NC(=O)c4c(F)cc(F)cc4F)nc(C(O)C4CCN(C)CC4)c3)cc(NC(=O)c3c(F)cc(F)cc3F)n2)CC1. The summed E-state index contributed by atoms with van der Waals surface area (Å²) in [6, 6.07) is 7.04. The van der Waals surface area contributed by atoms with Crippen LogP contribution in [0.4, 0.5) is 38.0 Å². The first-order valence-electron chi connectivity index (χ1n) is 17.4. The highest BCUT2D eigenvalue weighted by Gasteiger charge is 2.30. The first-order valence-corrected chi connectivity index (χ1v) is 17.4. The molecule has 2 aromatic carbocycles. The zero-order chi connectivity index (χ0) is 38.8. The van der Waals surface area contributed by atoms with Gasteiger partial charge in [-0.05, 0) is 113 Å². The van der Waals surface area contributed by atoms with Crippen molar-refractivity contribution in [1.29, 1.82) is 0 Å². The molecule has 4 N–H and O–H groups in total. The fourth-order valence-corrected chi connectivity index (χ4v) is 6.92. The van der Waals surface area contributed by atoms with E-state index < -0.39 is 70.1 Å². The van der Waals surface area contributed by atoms with Crippen molar-refractivity contribution in [2.45, 2.75) is 37.9 Å². The van der Waals surface area contributed by atoms with E-state index in [9.17, 15) is 46.1 Å². The number of halogens is 6. The standard InChI is InChI=1S/C38H38F6N6O4/c1-49-7-3-19(4-8-49)35(51)29-11-21(13-31(45-29)47-37(53)33-25(41)15-23(39)16-26(33)42)22-12-30(36(52)20-5-9-50(2)10-6-20)46-32(14-22)48-38(54)34-27(43)17-24(40)18-28(34)44/h11-20,35-36,51-52H,3-10H2,1-2H3,(H,45,47,53)(H,46,48,54). The number of amides is 2. The van der Waals surface area contributed by atoms with Crippen LogP contribution in [0, 0.1) is 46.7 Å². The van der Waals surface area contributed by atoms with Gasteiger partial charge in [-0.25, -0.2) is 36.3 Å². The number of carbonyl (C=O) groups excluding carboxylic acids is 2. The monoisotopic (exact) mass is 756 g/mol. The summed E-state index contributed by atoms with van der Waals surface area (Å²) in [5.41, 5.74) is -1.52. The Morgan fingerprint density at radius 2 is 0.907 bits per heavy atom. The number of carbonyl (C=O) groups is 2. The third-order valence-electron chi connectivity index (χ3n) is 10.0. The molecule has 54 heavy (non-hydrogen) atoms. The molecule has 4 heterocycles. The molecule has 2 atom stereocenters. The van der Waals surface area contributed by atoms with Crippen molar-refractivity contribution in [3.05, 3.63) is 106 Å². The van der Waals surface area contributed by atoms with Gasteiger partial charge < -0.3 is 30.6 Å². The highest BCUT2D eigenvalue weighted by atomic mass is 19.2. The zero-order valence-electron chi connectivity index (χ0n) is 29.4. The summed E-state index contributed by atoms with van der Waals surface area (Å²) in [7, 11) is 3.89. The van der Waals surface area contributed by atoms with E-state index in [4.69, 9.17) is 0 Å². The van der Waals surface area contributed by atoms with E-state index in [2.05, 4.69) is 30.4 Å². The summed E-state index contributed by atoms with van der Waals surface area (Å²) in [5.74, 6) is -11.9. The molecule has 0 bridgehead atoms. The van der Waals surface area contributed by atoms with Crippen LogP contribution in [0.15, 0.2) is 48.5 Å². The maximum atomic E-state index is 14.6. The van der Waals surface area contributed by atoms with Crippen molar-refractivity contribution in [3.8, 4) is 11.1 Å². The molecule has 2 aliphatic heterocycles. The normalized spacial score (nSPS) is 17.3. The lowest BCUT2D eigenvalue weighted by Crippen LogP contribution is -2.33. The van der Waals surface area contributed by atoms with Crippen LogP contribution in [0.5, 0.6) is 0 Å². The molecule has 0 aliphatic carbocycles. The summed E-state index contributed by atoms with van der Waals surface area (Å²) in [6.45, 7) is 2.76. The summed E-state index contributed by atoms with van der Waals surface area (Å²) in [6.07, 6.45) is 0.0860. The number of piperidine rings is 2. The second kappa shape index (κ2) is 16.2. The molecule has 0 spiro atoms. The number of benzene rings is 2. The second-order valence-corrected chi connectivity index (χ2v) is 13.9. The van der Waals surface area contributed by atoms with Crippen molar-refractivity contribution in [1.82, 2.24) is 19.8 Å². The Hall–Kier alpha value is -4.90. The maximum absolute atomic E-state index is 14.6. The van der Waals surface area contributed by atoms with E-state index in [1.165, 1.54) is 24.3 Å². The summed E-state index contributed by atoms with van der Waals surface area (Å²) in [4.78, 5) is 39.3. The molecule has 2 saturated heterocycles. The Morgan fingerprint density at radius 1 is 0.593 bits per heavy atom. The predicted octanol–water partition coefficient (Wildman–Crippen LogP) is 6.23. The number of likely N-dealkylation sites (tertiary alicyclic amines) is 2. The molecule has 16 heteroatoms. The van der Waals surface area contributed by atoms with Crippen LogP contribution in [0.2, 0.25) is 0 Å². The average Bonchev–Trinajstić information content (AvgIpc) is 3.10. The second-order valence-electron chi connectivity index (χ2n) is 13.9. The van der Waals surface area contributed by atoms with Gasteiger partial charge in [0, 0.05) is 24.3 Å². The molecule has 2 fully saturated rings.